The Balaban J connectivity index is 1.82. The Kier molecular flexibility index (Phi) is 5.54. The van der Waals surface area contributed by atoms with Crippen molar-refractivity contribution in [2.75, 3.05) is 19.8 Å². The molecule has 0 unspecified atom stereocenters. The van der Waals surface area contributed by atoms with Gasteiger partial charge in [-0.05, 0) is 25.3 Å². The molecule has 0 amide bonds. The highest BCUT2D eigenvalue weighted by Gasteiger charge is 2.21. The first-order chi connectivity index (χ1) is 9.29. The molecule has 0 spiro atoms. The molecule has 1 aromatic rings. The van der Waals surface area contributed by atoms with E-state index in [1.165, 1.54) is 25.1 Å². The lowest BCUT2D eigenvalue weighted by Gasteiger charge is -2.11. The number of rotatable bonds is 9. The van der Waals surface area contributed by atoms with Gasteiger partial charge in [-0.3, -0.25) is 0 Å². The molecule has 0 radical (unpaired) electrons. The summed E-state index contributed by atoms with van der Waals surface area (Å²) in [5, 5.41) is 3.33. The smallest absolute Gasteiger partial charge is 0.218 e. The minimum atomic E-state index is -0.331. The zero-order valence-corrected chi connectivity index (χ0v) is 11.3. The lowest BCUT2D eigenvalue weighted by molar-refractivity contribution is 0.0985. The quantitative estimate of drug-likeness (QED) is 0.698. The van der Waals surface area contributed by atoms with E-state index in [0.717, 1.165) is 18.6 Å². The number of aromatic nitrogens is 1. The van der Waals surface area contributed by atoms with Crippen molar-refractivity contribution in [1.29, 1.82) is 0 Å². The third-order valence-corrected chi connectivity index (χ3v) is 2.87. The SMILES string of the molecule is CCCOCCOc1ncc(F)cc1CNC1CC1. The van der Waals surface area contributed by atoms with Crippen molar-refractivity contribution >= 4 is 0 Å². The van der Waals surface area contributed by atoms with Crippen molar-refractivity contribution in [1.82, 2.24) is 10.3 Å². The van der Waals surface area contributed by atoms with Gasteiger partial charge in [0.05, 0.1) is 12.8 Å². The van der Waals surface area contributed by atoms with Gasteiger partial charge in [0.2, 0.25) is 5.88 Å². The third-order valence-electron chi connectivity index (χ3n) is 2.87. The molecule has 1 aromatic heterocycles. The lowest BCUT2D eigenvalue weighted by atomic mass is 10.2. The van der Waals surface area contributed by atoms with Gasteiger partial charge in [0.25, 0.3) is 0 Å². The van der Waals surface area contributed by atoms with Gasteiger partial charge in [0, 0.05) is 24.8 Å². The highest BCUT2D eigenvalue weighted by molar-refractivity contribution is 5.26. The van der Waals surface area contributed by atoms with Gasteiger partial charge in [-0.15, -0.1) is 0 Å². The fraction of sp³-hybridized carbons (Fsp3) is 0.643. The molecule has 1 fully saturated rings. The predicted molar refractivity (Wildman–Crippen MR) is 70.7 cm³/mol. The molecule has 5 heteroatoms. The summed E-state index contributed by atoms with van der Waals surface area (Å²) in [6.45, 7) is 4.36. The van der Waals surface area contributed by atoms with Crippen LogP contribution in [-0.4, -0.2) is 30.8 Å². The molecule has 0 saturated heterocycles. The van der Waals surface area contributed by atoms with E-state index in [4.69, 9.17) is 9.47 Å². The van der Waals surface area contributed by atoms with Gasteiger partial charge < -0.3 is 14.8 Å². The maximum Gasteiger partial charge on any atom is 0.218 e. The minimum Gasteiger partial charge on any atom is -0.475 e. The van der Waals surface area contributed by atoms with Crippen molar-refractivity contribution in [3.63, 3.8) is 0 Å². The van der Waals surface area contributed by atoms with Crippen LogP contribution in [0.1, 0.15) is 31.7 Å². The Labute approximate surface area is 113 Å². The molecule has 1 saturated carbocycles. The largest absolute Gasteiger partial charge is 0.475 e. The van der Waals surface area contributed by atoms with Gasteiger partial charge in [-0.25, -0.2) is 9.37 Å². The molecule has 1 N–H and O–H groups in total. The maximum atomic E-state index is 13.2. The van der Waals surface area contributed by atoms with Crippen molar-refractivity contribution in [2.45, 2.75) is 38.8 Å². The summed E-state index contributed by atoms with van der Waals surface area (Å²) in [5.41, 5.74) is 0.766. The van der Waals surface area contributed by atoms with Gasteiger partial charge in [-0.1, -0.05) is 6.92 Å². The number of halogens is 1. The molecular weight excluding hydrogens is 247 g/mol. The number of pyridine rings is 1. The molecule has 1 aliphatic rings. The summed E-state index contributed by atoms with van der Waals surface area (Å²) in [4.78, 5) is 4.00. The molecule has 0 bridgehead atoms. The molecule has 4 nitrogen and oxygen atoms in total. The van der Waals surface area contributed by atoms with Crippen molar-refractivity contribution in [2.24, 2.45) is 0 Å². The Morgan fingerprint density at radius 3 is 2.95 bits per heavy atom. The second kappa shape index (κ2) is 7.40. The standard InChI is InChI=1S/C14H21FN2O2/c1-2-5-18-6-7-19-14-11(8-12(15)10-17-14)9-16-13-3-4-13/h8,10,13,16H,2-7,9H2,1H3. The van der Waals surface area contributed by atoms with E-state index in [2.05, 4.69) is 17.2 Å². The average molecular weight is 268 g/mol. The molecule has 0 aliphatic heterocycles. The fourth-order valence-corrected chi connectivity index (χ4v) is 1.71. The summed E-state index contributed by atoms with van der Waals surface area (Å²) >= 11 is 0. The molecule has 106 valence electrons. The first-order valence-electron chi connectivity index (χ1n) is 6.88. The Hall–Kier alpha value is -1.20. The topological polar surface area (TPSA) is 43.4 Å². The Morgan fingerprint density at radius 1 is 1.37 bits per heavy atom. The number of ether oxygens (including phenoxy) is 2. The molecular formula is C14H21FN2O2. The van der Waals surface area contributed by atoms with Gasteiger partial charge in [-0.2, -0.15) is 0 Å². The average Bonchev–Trinajstić information content (AvgIpc) is 3.22. The van der Waals surface area contributed by atoms with Crippen LogP contribution in [0.5, 0.6) is 5.88 Å². The van der Waals surface area contributed by atoms with Crippen LogP contribution in [0.4, 0.5) is 4.39 Å². The zero-order chi connectivity index (χ0) is 13.5. The Bertz CT molecular complexity index is 397. The molecule has 1 aliphatic carbocycles. The van der Waals surface area contributed by atoms with E-state index in [1.54, 1.807) is 0 Å². The molecule has 0 atom stereocenters. The summed E-state index contributed by atoms with van der Waals surface area (Å²) in [5.74, 6) is 0.164. The van der Waals surface area contributed by atoms with Crippen LogP contribution in [0.3, 0.4) is 0 Å². The van der Waals surface area contributed by atoms with Crippen LogP contribution in [0.15, 0.2) is 12.3 Å². The predicted octanol–water partition coefficient (Wildman–Crippen LogP) is 2.28. The fourth-order valence-electron chi connectivity index (χ4n) is 1.71. The van der Waals surface area contributed by atoms with E-state index in [9.17, 15) is 4.39 Å². The lowest BCUT2D eigenvalue weighted by Crippen LogP contribution is -2.17. The second-order valence-electron chi connectivity index (χ2n) is 4.73. The van der Waals surface area contributed by atoms with E-state index in [-0.39, 0.29) is 5.82 Å². The number of hydrogen-bond acceptors (Lipinski definition) is 4. The van der Waals surface area contributed by atoms with Gasteiger partial charge >= 0.3 is 0 Å². The van der Waals surface area contributed by atoms with Crippen molar-refractivity contribution in [3.8, 4) is 5.88 Å². The monoisotopic (exact) mass is 268 g/mol. The molecule has 2 rings (SSSR count). The highest BCUT2D eigenvalue weighted by Crippen LogP contribution is 2.21. The second-order valence-corrected chi connectivity index (χ2v) is 4.73. The van der Waals surface area contributed by atoms with E-state index in [0.29, 0.717) is 31.7 Å². The molecule has 0 aromatic carbocycles. The molecule has 1 heterocycles. The maximum absolute atomic E-state index is 13.2. The van der Waals surface area contributed by atoms with Crippen LogP contribution in [0.25, 0.3) is 0 Å². The minimum absolute atomic E-state index is 0.331. The van der Waals surface area contributed by atoms with Crippen molar-refractivity contribution in [3.05, 3.63) is 23.6 Å². The van der Waals surface area contributed by atoms with E-state index < -0.39 is 0 Å². The van der Waals surface area contributed by atoms with E-state index in [1.807, 2.05) is 0 Å². The third kappa shape index (κ3) is 5.12. The van der Waals surface area contributed by atoms with Crippen LogP contribution >= 0.6 is 0 Å². The molecule has 19 heavy (non-hydrogen) atoms. The van der Waals surface area contributed by atoms with Gasteiger partial charge in [0.1, 0.15) is 12.4 Å². The van der Waals surface area contributed by atoms with E-state index >= 15 is 0 Å². The first kappa shape index (κ1) is 14.2. The number of nitrogens with one attached hydrogen (secondary N) is 1. The first-order valence-corrected chi connectivity index (χ1v) is 6.88. The summed E-state index contributed by atoms with van der Waals surface area (Å²) < 4.78 is 24.1. The van der Waals surface area contributed by atoms with Crippen LogP contribution in [0, 0.1) is 5.82 Å². The number of hydrogen-bond donors (Lipinski definition) is 1. The number of nitrogens with zero attached hydrogens (tertiary/aromatic N) is 1. The highest BCUT2D eigenvalue weighted by atomic mass is 19.1. The summed E-state index contributed by atoms with van der Waals surface area (Å²) in [6.07, 6.45) is 4.57. The van der Waals surface area contributed by atoms with Crippen LogP contribution in [0.2, 0.25) is 0 Å². The normalized spacial score (nSPS) is 14.6. The summed E-state index contributed by atoms with van der Waals surface area (Å²) in [7, 11) is 0. The van der Waals surface area contributed by atoms with Crippen LogP contribution < -0.4 is 10.1 Å². The Morgan fingerprint density at radius 2 is 2.21 bits per heavy atom. The van der Waals surface area contributed by atoms with Crippen LogP contribution in [-0.2, 0) is 11.3 Å². The summed E-state index contributed by atoms with van der Waals surface area (Å²) in [6, 6.07) is 2.05. The van der Waals surface area contributed by atoms with Gasteiger partial charge in [0.15, 0.2) is 0 Å². The van der Waals surface area contributed by atoms with Crippen molar-refractivity contribution < 1.29 is 13.9 Å². The zero-order valence-electron chi connectivity index (χ0n) is 11.3.